The van der Waals surface area contributed by atoms with E-state index in [2.05, 4.69) is 49.5 Å². The Balaban J connectivity index is 1.95. The molecule has 2 rings (SSSR count). The second-order valence-corrected chi connectivity index (χ2v) is 5.54. The van der Waals surface area contributed by atoms with Crippen molar-refractivity contribution in [3.05, 3.63) is 35.9 Å². The van der Waals surface area contributed by atoms with Gasteiger partial charge in [0.25, 0.3) is 0 Å². The summed E-state index contributed by atoms with van der Waals surface area (Å²) in [7, 11) is 2.05. The summed E-state index contributed by atoms with van der Waals surface area (Å²) in [5, 5.41) is 3.45. The van der Waals surface area contributed by atoms with E-state index < -0.39 is 0 Å². The first kappa shape index (κ1) is 13.6. The molecular weight excluding hydrogens is 222 g/mol. The lowest BCUT2D eigenvalue weighted by atomic mass is 9.89. The highest BCUT2D eigenvalue weighted by Crippen LogP contribution is 2.30. The van der Waals surface area contributed by atoms with Gasteiger partial charge in [0, 0.05) is 6.04 Å². The Morgan fingerprint density at radius 1 is 1.28 bits per heavy atom. The van der Waals surface area contributed by atoms with Gasteiger partial charge in [-0.3, -0.25) is 0 Å². The Morgan fingerprint density at radius 3 is 2.56 bits per heavy atom. The number of rotatable bonds is 5. The summed E-state index contributed by atoms with van der Waals surface area (Å²) in [6.07, 6.45) is 4.48. The lowest BCUT2D eigenvalue weighted by Crippen LogP contribution is -2.26. The Morgan fingerprint density at radius 2 is 2.00 bits per heavy atom. The van der Waals surface area contributed by atoms with Crippen LogP contribution in [0.2, 0.25) is 0 Å². The standard InChI is InChI=1S/C16H25NO/c1-12(11-15-10-9-13(2)18-15)16(17-3)14-7-5-4-6-8-14/h4-8,12-13,15-17H,9-11H2,1-3H3. The van der Waals surface area contributed by atoms with Crippen LogP contribution in [0.4, 0.5) is 0 Å². The van der Waals surface area contributed by atoms with Crippen molar-refractivity contribution in [2.24, 2.45) is 5.92 Å². The predicted molar refractivity (Wildman–Crippen MR) is 75.6 cm³/mol. The van der Waals surface area contributed by atoms with Crippen molar-refractivity contribution in [1.29, 1.82) is 0 Å². The Labute approximate surface area is 111 Å². The minimum Gasteiger partial charge on any atom is -0.375 e. The van der Waals surface area contributed by atoms with Crippen molar-refractivity contribution in [2.45, 2.75) is 51.4 Å². The zero-order valence-electron chi connectivity index (χ0n) is 11.7. The van der Waals surface area contributed by atoms with E-state index in [1.807, 2.05) is 7.05 Å². The molecule has 0 saturated carbocycles. The molecule has 1 N–H and O–H groups in total. The van der Waals surface area contributed by atoms with Crippen molar-refractivity contribution >= 4 is 0 Å². The predicted octanol–water partition coefficient (Wildman–Crippen LogP) is 3.54. The molecule has 0 amide bonds. The van der Waals surface area contributed by atoms with Crippen molar-refractivity contribution in [2.75, 3.05) is 7.05 Å². The number of nitrogens with one attached hydrogen (secondary N) is 1. The average Bonchev–Trinajstić information content (AvgIpc) is 2.77. The number of benzene rings is 1. The van der Waals surface area contributed by atoms with Gasteiger partial charge in [-0.2, -0.15) is 0 Å². The van der Waals surface area contributed by atoms with Gasteiger partial charge in [-0.25, -0.2) is 0 Å². The van der Waals surface area contributed by atoms with Crippen molar-refractivity contribution in [1.82, 2.24) is 5.32 Å². The van der Waals surface area contributed by atoms with Crippen LogP contribution in [0, 0.1) is 5.92 Å². The molecule has 0 aliphatic carbocycles. The first-order valence-electron chi connectivity index (χ1n) is 7.08. The van der Waals surface area contributed by atoms with Gasteiger partial charge < -0.3 is 10.1 Å². The minimum atomic E-state index is 0.422. The lowest BCUT2D eigenvalue weighted by Gasteiger charge is -2.26. The third-order valence-corrected chi connectivity index (χ3v) is 3.99. The van der Waals surface area contributed by atoms with Gasteiger partial charge in [-0.05, 0) is 44.7 Å². The Bertz CT molecular complexity index is 351. The molecule has 1 aliphatic rings. The molecule has 1 heterocycles. The maximum atomic E-state index is 5.93. The van der Waals surface area contributed by atoms with Crippen molar-refractivity contribution in [3.63, 3.8) is 0 Å². The van der Waals surface area contributed by atoms with E-state index in [9.17, 15) is 0 Å². The third kappa shape index (κ3) is 3.33. The second-order valence-electron chi connectivity index (χ2n) is 5.54. The van der Waals surface area contributed by atoms with Gasteiger partial charge in [-0.15, -0.1) is 0 Å². The van der Waals surface area contributed by atoms with Crippen LogP contribution in [0.25, 0.3) is 0 Å². The summed E-state index contributed by atoms with van der Waals surface area (Å²) >= 11 is 0. The molecule has 0 aromatic heterocycles. The fourth-order valence-electron chi connectivity index (χ4n) is 3.05. The monoisotopic (exact) mass is 247 g/mol. The van der Waals surface area contributed by atoms with Crippen LogP contribution in [-0.2, 0) is 4.74 Å². The molecule has 1 fully saturated rings. The fourth-order valence-corrected chi connectivity index (χ4v) is 3.05. The molecule has 2 nitrogen and oxygen atoms in total. The number of ether oxygens (including phenoxy) is 1. The smallest absolute Gasteiger partial charge is 0.0583 e. The highest BCUT2D eigenvalue weighted by Gasteiger charge is 2.26. The van der Waals surface area contributed by atoms with Crippen molar-refractivity contribution in [3.8, 4) is 0 Å². The SMILES string of the molecule is CNC(c1ccccc1)C(C)CC1CCC(C)O1. The molecule has 4 unspecified atom stereocenters. The summed E-state index contributed by atoms with van der Waals surface area (Å²) in [6.45, 7) is 4.50. The molecule has 1 aromatic carbocycles. The molecule has 100 valence electrons. The van der Waals surface area contributed by atoms with Gasteiger partial charge in [-0.1, -0.05) is 37.3 Å². The first-order valence-corrected chi connectivity index (χ1v) is 7.08. The van der Waals surface area contributed by atoms with Crippen LogP contribution in [0.1, 0.15) is 44.7 Å². The molecule has 0 bridgehead atoms. The van der Waals surface area contributed by atoms with Gasteiger partial charge in [0.05, 0.1) is 12.2 Å². The maximum Gasteiger partial charge on any atom is 0.0583 e. The quantitative estimate of drug-likeness (QED) is 0.859. The van der Waals surface area contributed by atoms with E-state index in [0.29, 0.717) is 24.2 Å². The van der Waals surface area contributed by atoms with E-state index in [1.54, 1.807) is 0 Å². The molecule has 18 heavy (non-hydrogen) atoms. The van der Waals surface area contributed by atoms with Crippen LogP contribution in [0.3, 0.4) is 0 Å². The summed E-state index contributed by atoms with van der Waals surface area (Å²) in [5.41, 5.74) is 1.37. The zero-order chi connectivity index (χ0) is 13.0. The number of hydrogen-bond donors (Lipinski definition) is 1. The maximum absolute atomic E-state index is 5.93. The summed E-state index contributed by atoms with van der Waals surface area (Å²) in [5.74, 6) is 0.590. The highest BCUT2D eigenvalue weighted by molar-refractivity contribution is 5.19. The van der Waals surface area contributed by atoms with Gasteiger partial charge in [0.15, 0.2) is 0 Å². The Kier molecular flexibility index (Phi) is 4.79. The van der Waals surface area contributed by atoms with E-state index in [0.717, 1.165) is 6.42 Å². The molecule has 2 heteroatoms. The topological polar surface area (TPSA) is 21.3 Å². The van der Waals surface area contributed by atoms with Crippen LogP contribution >= 0.6 is 0 Å². The first-order chi connectivity index (χ1) is 8.70. The molecule has 0 radical (unpaired) electrons. The number of hydrogen-bond acceptors (Lipinski definition) is 2. The molecule has 1 aromatic rings. The molecule has 1 saturated heterocycles. The van der Waals surface area contributed by atoms with Gasteiger partial charge in [0.2, 0.25) is 0 Å². The summed E-state index contributed by atoms with van der Waals surface area (Å²) in [4.78, 5) is 0. The minimum absolute atomic E-state index is 0.422. The van der Waals surface area contributed by atoms with E-state index in [1.165, 1.54) is 18.4 Å². The van der Waals surface area contributed by atoms with Crippen LogP contribution in [0.5, 0.6) is 0 Å². The molecule has 1 aliphatic heterocycles. The highest BCUT2D eigenvalue weighted by atomic mass is 16.5. The van der Waals surface area contributed by atoms with Crippen LogP contribution in [-0.4, -0.2) is 19.3 Å². The zero-order valence-corrected chi connectivity index (χ0v) is 11.7. The molecule has 4 atom stereocenters. The molecule has 0 spiro atoms. The van der Waals surface area contributed by atoms with E-state index in [-0.39, 0.29) is 0 Å². The fraction of sp³-hybridized carbons (Fsp3) is 0.625. The summed E-state index contributed by atoms with van der Waals surface area (Å²) < 4.78 is 5.93. The average molecular weight is 247 g/mol. The Hall–Kier alpha value is -0.860. The second kappa shape index (κ2) is 6.35. The van der Waals surface area contributed by atoms with Crippen LogP contribution in [0.15, 0.2) is 30.3 Å². The molecular formula is C16H25NO. The van der Waals surface area contributed by atoms with E-state index in [4.69, 9.17) is 4.74 Å². The normalized spacial score (nSPS) is 27.1. The van der Waals surface area contributed by atoms with Crippen molar-refractivity contribution < 1.29 is 4.74 Å². The largest absolute Gasteiger partial charge is 0.375 e. The third-order valence-electron chi connectivity index (χ3n) is 3.99. The van der Waals surface area contributed by atoms with E-state index >= 15 is 0 Å². The summed E-state index contributed by atoms with van der Waals surface area (Å²) in [6, 6.07) is 11.1. The van der Waals surface area contributed by atoms with Gasteiger partial charge in [0.1, 0.15) is 0 Å². The van der Waals surface area contributed by atoms with Crippen LogP contribution < -0.4 is 5.32 Å². The lowest BCUT2D eigenvalue weighted by molar-refractivity contribution is 0.0389. The van der Waals surface area contributed by atoms with Gasteiger partial charge >= 0.3 is 0 Å².